The van der Waals surface area contributed by atoms with Crippen LogP contribution >= 0.6 is 0 Å². The van der Waals surface area contributed by atoms with Gasteiger partial charge in [-0.1, -0.05) is 0 Å². The maximum Gasteiger partial charge on any atom is 0.246 e. The predicted octanol–water partition coefficient (Wildman–Crippen LogP) is 0.502. The van der Waals surface area contributed by atoms with Gasteiger partial charge in [0.25, 0.3) is 0 Å². The topological polar surface area (TPSA) is 93.2 Å². The van der Waals surface area contributed by atoms with E-state index in [1.54, 1.807) is 12.1 Å². The summed E-state index contributed by atoms with van der Waals surface area (Å²) >= 11 is 0. The van der Waals surface area contributed by atoms with E-state index in [1.807, 2.05) is 0 Å². The second-order valence-corrected chi connectivity index (χ2v) is 10.2. The van der Waals surface area contributed by atoms with Crippen molar-refractivity contribution < 1.29 is 26.3 Å². The van der Waals surface area contributed by atoms with Gasteiger partial charge in [-0.3, -0.25) is 0 Å². The molecule has 0 radical (unpaired) electrons. The van der Waals surface area contributed by atoms with Gasteiger partial charge in [0.15, 0.2) is 0 Å². The molecule has 25 heavy (non-hydrogen) atoms. The second kappa shape index (κ2) is 6.75. The summed E-state index contributed by atoms with van der Waals surface area (Å²) in [7, 11) is -4.22. The molecule has 140 valence electrons. The van der Waals surface area contributed by atoms with Crippen LogP contribution in [0.3, 0.4) is 0 Å². The number of hydrogen-bond acceptors (Lipinski definition) is 6. The van der Waals surface area contributed by atoms with Gasteiger partial charge in [0.1, 0.15) is 16.4 Å². The van der Waals surface area contributed by atoms with E-state index in [0.29, 0.717) is 18.6 Å². The summed E-state index contributed by atoms with van der Waals surface area (Å²) in [5.41, 5.74) is 0. The average molecular weight is 390 g/mol. The van der Waals surface area contributed by atoms with Crippen molar-refractivity contribution in [3.8, 4) is 11.5 Å². The van der Waals surface area contributed by atoms with E-state index in [9.17, 15) is 16.8 Å². The molecule has 2 fully saturated rings. The quantitative estimate of drug-likeness (QED) is 0.702. The van der Waals surface area contributed by atoms with Crippen LogP contribution in [0.1, 0.15) is 12.8 Å². The molecule has 1 heterocycles. The van der Waals surface area contributed by atoms with E-state index in [0.717, 1.165) is 0 Å². The van der Waals surface area contributed by atoms with Crippen molar-refractivity contribution in [1.29, 1.82) is 0 Å². The molecule has 0 atom stereocenters. The van der Waals surface area contributed by atoms with Gasteiger partial charge in [0.05, 0.1) is 19.5 Å². The Morgan fingerprint density at radius 2 is 1.52 bits per heavy atom. The summed E-state index contributed by atoms with van der Waals surface area (Å²) in [6.07, 6.45) is 1.39. The van der Waals surface area contributed by atoms with Gasteiger partial charge in [-0.2, -0.15) is 8.61 Å². The van der Waals surface area contributed by atoms with Gasteiger partial charge in [-0.15, -0.1) is 0 Å². The minimum atomic E-state index is -3.80. The summed E-state index contributed by atoms with van der Waals surface area (Å²) in [6.45, 7) is 0.581. The lowest BCUT2D eigenvalue weighted by atomic mass is 10.3. The average Bonchev–Trinajstić information content (AvgIpc) is 3.47. The highest BCUT2D eigenvalue weighted by molar-refractivity contribution is 7.90. The highest BCUT2D eigenvalue weighted by Crippen LogP contribution is 2.33. The number of rotatable bonds is 6. The molecule has 1 aromatic rings. The van der Waals surface area contributed by atoms with Crippen LogP contribution in [0, 0.1) is 0 Å². The molecule has 0 bridgehead atoms. The van der Waals surface area contributed by atoms with Crippen LogP contribution in [-0.4, -0.2) is 71.1 Å². The van der Waals surface area contributed by atoms with Crippen molar-refractivity contribution in [2.75, 3.05) is 40.4 Å². The molecule has 3 rings (SSSR count). The zero-order valence-electron chi connectivity index (χ0n) is 14.2. The van der Waals surface area contributed by atoms with Crippen molar-refractivity contribution in [2.24, 2.45) is 0 Å². The molecule has 0 amide bonds. The Morgan fingerprint density at radius 1 is 0.920 bits per heavy atom. The fourth-order valence-corrected chi connectivity index (χ4v) is 6.28. The van der Waals surface area contributed by atoms with Gasteiger partial charge in [-0.05, 0) is 25.0 Å². The largest absolute Gasteiger partial charge is 0.497 e. The zero-order valence-corrected chi connectivity index (χ0v) is 15.8. The lowest BCUT2D eigenvalue weighted by molar-refractivity contribution is 0.271. The van der Waals surface area contributed by atoms with Crippen molar-refractivity contribution in [3.05, 3.63) is 18.2 Å². The fourth-order valence-electron chi connectivity index (χ4n) is 2.87. The van der Waals surface area contributed by atoms with E-state index < -0.39 is 20.0 Å². The molecule has 0 unspecified atom stereocenters. The van der Waals surface area contributed by atoms with Gasteiger partial charge < -0.3 is 9.47 Å². The van der Waals surface area contributed by atoms with E-state index in [-0.39, 0.29) is 42.1 Å². The summed E-state index contributed by atoms with van der Waals surface area (Å²) in [4.78, 5) is 0.0212. The summed E-state index contributed by atoms with van der Waals surface area (Å²) in [6, 6.07) is 4.58. The monoisotopic (exact) mass is 390 g/mol. The molecule has 1 saturated heterocycles. The molecule has 10 heteroatoms. The Morgan fingerprint density at radius 3 is 2.04 bits per heavy atom. The molecule has 8 nitrogen and oxygen atoms in total. The minimum absolute atomic E-state index is 0.0212. The van der Waals surface area contributed by atoms with Crippen molar-refractivity contribution in [2.45, 2.75) is 23.0 Å². The van der Waals surface area contributed by atoms with Crippen LogP contribution in [0.4, 0.5) is 0 Å². The van der Waals surface area contributed by atoms with E-state index in [4.69, 9.17) is 9.47 Å². The van der Waals surface area contributed by atoms with Crippen molar-refractivity contribution in [1.82, 2.24) is 8.61 Å². The zero-order chi connectivity index (χ0) is 18.2. The van der Waals surface area contributed by atoms with E-state index >= 15 is 0 Å². The maximum absolute atomic E-state index is 13.0. The number of benzene rings is 1. The maximum atomic E-state index is 13.0. The number of hydrogen-bond donors (Lipinski definition) is 0. The molecule has 2 aliphatic rings. The fraction of sp³-hybridized carbons (Fsp3) is 0.600. The third-order valence-electron chi connectivity index (χ3n) is 4.49. The van der Waals surface area contributed by atoms with Crippen LogP contribution in [-0.2, 0) is 20.0 Å². The second-order valence-electron chi connectivity index (χ2n) is 6.06. The normalized spacial score (nSPS) is 20.4. The standard InChI is InChI=1S/C15H22N2O6S2/c1-22-12-3-6-14(23-2)15(11-12)25(20,21)17-9-7-16(8-10-17)24(18,19)13-4-5-13/h3,6,11,13H,4-5,7-10H2,1-2H3. The van der Waals surface area contributed by atoms with Crippen LogP contribution < -0.4 is 9.47 Å². The van der Waals surface area contributed by atoms with Gasteiger partial charge in [0.2, 0.25) is 20.0 Å². The molecule has 0 N–H and O–H groups in total. The van der Waals surface area contributed by atoms with Crippen LogP contribution in [0.25, 0.3) is 0 Å². The third-order valence-corrected chi connectivity index (χ3v) is 8.81. The summed E-state index contributed by atoms with van der Waals surface area (Å²) in [5.74, 6) is 0.642. The summed E-state index contributed by atoms with van der Waals surface area (Å²) in [5, 5.41) is -0.283. The first-order valence-electron chi connectivity index (χ1n) is 8.02. The first-order chi connectivity index (χ1) is 11.8. The van der Waals surface area contributed by atoms with Gasteiger partial charge >= 0.3 is 0 Å². The first kappa shape index (κ1) is 18.4. The number of piperazine rings is 1. The van der Waals surface area contributed by atoms with Gasteiger partial charge in [0, 0.05) is 32.2 Å². The molecule has 1 aliphatic carbocycles. The van der Waals surface area contributed by atoms with E-state index in [2.05, 4.69) is 0 Å². The number of sulfonamides is 2. The molecular formula is C15H22N2O6S2. The highest BCUT2D eigenvalue weighted by Gasteiger charge is 2.42. The number of ether oxygens (including phenoxy) is 2. The number of methoxy groups -OCH3 is 2. The molecule has 1 saturated carbocycles. The first-order valence-corrected chi connectivity index (χ1v) is 11.0. The van der Waals surface area contributed by atoms with Crippen LogP contribution in [0.15, 0.2) is 23.1 Å². The molecule has 1 aromatic carbocycles. The van der Waals surface area contributed by atoms with Crippen molar-refractivity contribution >= 4 is 20.0 Å². The smallest absolute Gasteiger partial charge is 0.246 e. The lowest BCUT2D eigenvalue weighted by Gasteiger charge is -2.33. The molecule has 0 spiro atoms. The van der Waals surface area contributed by atoms with Crippen molar-refractivity contribution in [3.63, 3.8) is 0 Å². The highest BCUT2D eigenvalue weighted by atomic mass is 32.2. The lowest BCUT2D eigenvalue weighted by Crippen LogP contribution is -2.51. The Labute approximate surface area is 148 Å². The Bertz CT molecular complexity index is 841. The Balaban J connectivity index is 1.80. The third kappa shape index (κ3) is 3.48. The SMILES string of the molecule is COc1ccc(OC)c(S(=O)(=O)N2CCN(S(=O)(=O)C3CC3)CC2)c1. The van der Waals surface area contributed by atoms with Gasteiger partial charge in [-0.25, -0.2) is 16.8 Å². The number of nitrogens with zero attached hydrogens (tertiary/aromatic N) is 2. The van der Waals surface area contributed by atoms with Crippen LogP contribution in [0.2, 0.25) is 0 Å². The van der Waals surface area contributed by atoms with E-state index in [1.165, 1.54) is 28.9 Å². The van der Waals surface area contributed by atoms with Crippen LogP contribution in [0.5, 0.6) is 11.5 Å². The minimum Gasteiger partial charge on any atom is -0.497 e. The molecule has 0 aromatic heterocycles. The summed E-state index contributed by atoms with van der Waals surface area (Å²) < 4.78 is 63.5. The molecular weight excluding hydrogens is 368 g/mol. The Hall–Kier alpha value is -1.36. The predicted molar refractivity (Wildman–Crippen MR) is 91.8 cm³/mol. The Kier molecular flexibility index (Phi) is 4.97. The molecule has 1 aliphatic heterocycles.